The van der Waals surface area contributed by atoms with Gasteiger partial charge in [-0.25, -0.2) is 0 Å². The zero-order valence-electron chi connectivity index (χ0n) is 12.3. The molecule has 1 aromatic heterocycles. The van der Waals surface area contributed by atoms with Crippen molar-refractivity contribution < 1.29 is 9.53 Å². The number of amides is 1. The lowest BCUT2D eigenvalue weighted by Gasteiger charge is -2.22. The average Bonchev–Trinajstić information content (AvgIpc) is 2.92. The van der Waals surface area contributed by atoms with E-state index in [0.717, 1.165) is 25.3 Å². The summed E-state index contributed by atoms with van der Waals surface area (Å²) in [5.74, 6) is 1.06. The minimum absolute atomic E-state index is 0.102. The lowest BCUT2D eigenvalue weighted by atomic mass is 9.93. The molecule has 20 heavy (non-hydrogen) atoms. The van der Waals surface area contributed by atoms with E-state index in [-0.39, 0.29) is 12.0 Å². The number of nitrogens with zero attached hydrogens (tertiary/aromatic N) is 1. The largest absolute Gasteiger partial charge is 0.378 e. The van der Waals surface area contributed by atoms with Crippen LogP contribution in [-0.4, -0.2) is 30.1 Å². The maximum absolute atomic E-state index is 11.9. The van der Waals surface area contributed by atoms with Gasteiger partial charge in [-0.05, 0) is 30.9 Å². The number of aromatic nitrogens is 1. The molecular weight excluding hydrogens is 252 g/mol. The Hall–Kier alpha value is -1.42. The summed E-state index contributed by atoms with van der Waals surface area (Å²) >= 11 is 0. The van der Waals surface area contributed by atoms with Gasteiger partial charge in [0.25, 0.3) is 0 Å². The van der Waals surface area contributed by atoms with E-state index < -0.39 is 0 Å². The van der Waals surface area contributed by atoms with Crippen molar-refractivity contribution >= 4 is 5.91 Å². The summed E-state index contributed by atoms with van der Waals surface area (Å²) in [6.45, 7) is 5.89. The maximum Gasteiger partial charge on any atom is 0.220 e. The third-order valence-electron chi connectivity index (χ3n) is 3.82. The molecule has 0 aromatic carbocycles. The summed E-state index contributed by atoms with van der Waals surface area (Å²) in [5.41, 5.74) is 0.965. The van der Waals surface area contributed by atoms with Crippen LogP contribution in [0.5, 0.6) is 0 Å². The van der Waals surface area contributed by atoms with Crippen molar-refractivity contribution in [2.24, 2.45) is 11.8 Å². The molecule has 0 bridgehead atoms. The lowest BCUT2D eigenvalue weighted by molar-refractivity contribution is -0.121. The van der Waals surface area contributed by atoms with Crippen LogP contribution in [0.1, 0.15) is 32.4 Å². The Labute approximate surface area is 120 Å². The Morgan fingerprint density at radius 3 is 3.05 bits per heavy atom. The van der Waals surface area contributed by atoms with E-state index in [1.54, 1.807) is 6.20 Å². The SMILES string of the molecule is CC(C)[C@H]1OCC[C@@H]1CNC(=O)CCc1ccccn1. The van der Waals surface area contributed by atoms with Gasteiger partial charge in [-0.3, -0.25) is 9.78 Å². The molecule has 1 aliphatic heterocycles. The summed E-state index contributed by atoms with van der Waals surface area (Å²) in [5, 5.41) is 3.03. The molecule has 1 saturated heterocycles. The van der Waals surface area contributed by atoms with Gasteiger partial charge in [-0.1, -0.05) is 19.9 Å². The molecule has 1 amide bonds. The Kier molecular flexibility index (Phi) is 5.53. The molecule has 110 valence electrons. The predicted molar refractivity (Wildman–Crippen MR) is 78.3 cm³/mol. The van der Waals surface area contributed by atoms with Crippen LogP contribution in [0.2, 0.25) is 0 Å². The quantitative estimate of drug-likeness (QED) is 0.866. The monoisotopic (exact) mass is 276 g/mol. The molecule has 1 aliphatic rings. The number of pyridine rings is 1. The molecule has 1 N–H and O–H groups in total. The standard InChI is InChI=1S/C16H24N2O2/c1-12(2)16-13(8-10-20-16)11-18-15(19)7-6-14-5-3-4-9-17-14/h3-5,9,12-13,16H,6-8,10-11H2,1-2H3,(H,18,19)/t13-,16-/m1/s1. The number of ether oxygens (including phenoxy) is 1. The van der Waals surface area contributed by atoms with E-state index in [1.807, 2.05) is 18.2 Å². The molecule has 0 saturated carbocycles. The highest BCUT2D eigenvalue weighted by Gasteiger charge is 2.30. The van der Waals surface area contributed by atoms with Crippen LogP contribution in [0.4, 0.5) is 0 Å². The smallest absolute Gasteiger partial charge is 0.220 e. The number of carbonyl (C=O) groups excluding carboxylic acids is 1. The van der Waals surface area contributed by atoms with Crippen LogP contribution in [0.3, 0.4) is 0 Å². The molecule has 0 unspecified atom stereocenters. The van der Waals surface area contributed by atoms with E-state index in [0.29, 0.717) is 24.7 Å². The lowest BCUT2D eigenvalue weighted by Crippen LogP contribution is -2.35. The number of hydrogen-bond donors (Lipinski definition) is 1. The second kappa shape index (κ2) is 7.39. The van der Waals surface area contributed by atoms with Crippen LogP contribution < -0.4 is 5.32 Å². The second-order valence-electron chi connectivity index (χ2n) is 5.75. The van der Waals surface area contributed by atoms with Crippen LogP contribution in [0.25, 0.3) is 0 Å². The number of rotatable bonds is 6. The fourth-order valence-corrected chi connectivity index (χ4v) is 2.73. The molecule has 2 rings (SSSR count). The Bertz CT molecular complexity index is 420. The molecule has 1 fully saturated rings. The Morgan fingerprint density at radius 2 is 2.35 bits per heavy atom. The number of nitrogens with one attached hydrogen (secondary N) is 1. The first-order chi connectivity index (χ1) is 9.66. The summed E-state index contributed by atoms with van der Waals surface area (Å²) < 4.78 is 5.73. The van der Waals surface area contributed by atoms with Crippen LogP contribution >= 0.6 is 0 Å². The van der Waals surface area contributed by atoms with Gasteiger partial charge in [0.1, 0.15) is 0 Å². The summed E-state index contributed by atoms with van der Waals surface area (Å²) in [6.07, 6.45) is 4.28. The van der Waals surface area contributed by atoms with Crippen molar-refractivity contribution in [3.8, 4) is 0 Å². The van der Waals surface area contributed by atoms with Gasteiger partial charge in [0, 0.05) is 37.4 Å². The third kappa shape index (κ3) is 4.30. The highest BCUT2D eigenvalue weighted by atomic mass is 16.5. The highest BCUT2D eigenvalue weighted by Crippen LogP contribution is 2.26. The Morgan fingerprint density at radius 1 is 1.50 bits per heavy atom. The first kappa shape index (κ1) is 15.0. The normalized spacial score (nSPS) is 22.1. The Balaban J connectivity index is 1.70. The van der Waals surface area contributed by atoms with Crippen molar-refractivity contribution in [1.29, 1.82) is 0 Å². The van der Waals surface area contributed by atoms with Crippen molar-refractivity contribution in [1.82, 2.24) is 10.3 Å². The van der Waals surface area contributed by atoms with Gasteiger partial charge in [0.2, 0.25) is 5.91 Å². The van der Waals surface area contributed by atoms with Crippen molar-refractivity contribution in [3.63, 3.8) is 0 Å². The summed E-state index contributed by atoms with van der Waals surface area (Å²) in [4.78, 5) is 16.1. The molecule has 1 aromatic rings. The minimum Gasteiger partial charge on any atom is -0.378 e. The molecule has 4 nitrogen and oxygen atoms in total. The number of carbonyl (C=O) groups is 1. The van der Waals surface area contributed by atoms with Gasteiger partial charge < -0.3 is 10.1 Å². The van der Waals surface area contributed by atoms with Gasteiger partial charge in [0.05, 0.1) is 6.10 Å². The number of aryl methyl sites for hydroxylation is 1. The van der Waals surface area contributed by atoms with E-state index in [1.165, 1.54) is 0 Å². The average molecular weight is 276 g/mol. The highest BCUT2D eigenvalue weighted by molar-refractivity contribution is 5.76. The van der Waals surface area contributed by atoms with Crippen molar-refractivity contribution in [2.75, 3.05) is 13.2 Å². The fraction of sp³-hybridized carbons (Fsp3) is 0.625. The van der Waals surface area contributed by atoms with Crippen LogP contribution in [0.15, 0.2) is 24.4 Å². The maximum atomic E-state index is 11.9. The van der Waals surface area contributed by atoms with E-state index in [2.05, 4.69) is 24.1 Å². The third-order valence-corrected chi connectivity index (χ3v) is 3.82. The molecule has 0 spiro atoms. The molecule has 0 aliphatic carbocycles. The van der Waals surface area contributed by atoms with Crippen LogP contribution in [0, 0.1) is 11.8 Å². The summed E-state index contributed by atoms with van der Waals surface area (Å²) in [7, 11) is 0. The van der Waals surface area contributed by atoms with Gasteiger partial charge in [-0.15, -0.1) is 0 Å². The molecule has 2 heterocycles. The first-order valence-corrected chi connectivity index (χ1v) is 7.45. The molecule has 0 radical (unpaired) electrons. The van der Waals surface area contributed by atoms with Crippen molar-refractivity contribution in [3.05, 3.63) is 30.1 Å². The van der Waals surface area contributed by atoms with E-state index >= 15 is 0 Å². The topological polar surface area (TPSA) is 51.2 Å². The van der Waals surface area contributed by atoms with E-state index in [4.69, 9.17) is 4.74 Å². The fourth-order valence-electron chi connectivity index (χ4n) is 2.73. The predicted octanol–water partition coefficient (Wildman–Crippen LogP) is 2.19. The second-order valence-corrected chi connectivity index (χ2v) is 5.75. The summed E-state index contributed by atoms with van der Waals surface area (Å²) in [6, 6.07) is 5.78. The molecule has 2 atom stereocenters. The molecule has 4 heteroatoms. The van der Waals surface area contributed by atoms with Gasteiger partial charge in [-0.2, -0.15) is 0 Å². The number of hydrogen-bond acceptors (Lipinski definition) is 3. The zero-order valence-corrected chi connectivity index (χ0v) is 12.3. The molecular formula is C16H24N2O2. The zero-order chi connectivity index (χ0) is 14.4. The van der Waals surface area contributed by atoms with Gasteiger partial charge in [0.15, 0.2) is 0 Å². The van der Waals surface area contributed by atoms with Crippen molar-refractivity contribution in [2.45, 2.75) is 39.2 Å². The minimum atomic E-state index is 0.102. The van der Waals surface area contributed by atoms with Gasteiger partial charge >= 0.3 is 0 Å². The van der Waals surface area contributed by atoms with E-state index in [9.17, 15) is 4.79 Å². The first-order valence-electron chi connectivity index (χ1n) is 7.45. The van der Waals surface area contributed by atoms with Crippen LogP contribution in [-0.2, 0) is 16.0 Å².